The van der Waals surface area contributed by atoms with E-state index < -0.39 is 5.97 Å². The first-order chi connectivity index (χ1) is 10.1. The van der Waals surface area contributed by atoms with Crippen LogP contribution in [0.5, 0.6) is 11.5 Å². The van der Waals surface area contributed by atoms with Crippen LogP contribution in [0.1, 0.15) is 34.6 Å². The quantitative estimate of drug-likeness (QED) is 0.479. The van der Waals surface area contributed by atoms with Crippen LogP contribution in [-0.4, -0.2) is 18.4 Å². The van der Waals surface area contributed by atoms with Crippen LogP contribution >= 0.6 is 0 Å². The van der Waals surface area contributed by atoms with E-state index in [4.69, 9.17) is 9.47 Å². The molecular formula is C17H16O4. The van der Waals surface area contributed by atoms with E-state index in [0.717, 1.165) is 0 Å². The number of rotatable bonds is 5. The highest BCUT2D eigenvalue weighted by Crippen LogP contribution is 2.17. The standard InChI is InChI=1S/C17H16O4/c1-12(2)20-15-8-6-14(7-9-15)17(19)21-16-5-3-4-13(10-16)11-18/h3-12H,1-2H3. The molecule has 0 amide bonds. The van der Waals surface area contributed by atoms with E-state index in [9.17, 15) is 9.59 Å². The molecule has 2 rings (SSSR count). The van der Waals surface area contributed by atoms with Gasteiger partial charge in [0.15, 0.2) is 0 Å². The lowest BCUT2D eigenvalue weighted by atomic mass is 10.2. The van der Waals surface area contributed by atoms with Gasteiger partial charge < -0.3 is 9.47 Å². The predicted molar refractivity (Wildman–Crippen MR) is 79.0 cm³/mol. The van der Waals surface area contributed by atoms with Crippen LogP contribution < -0.4 is 9.47 Å². The van der Waals surface area contributed by atoms with Crippen molar-refractivity contribution < 1.29 is 19.1 Å². The Labute approximate surface area is 123 Å². The molecule has 0 aliphatic rings. The monoisotopic (exact) mass is 284 g/mol. The SMILES string of the molecule is CC(C)Oc1ccc(C(=O)Oc2cccc(C=O)c2)cc1. The van der Waals surface area contributed by atoms with Crippen molar-refractivity contribution in [1.82, 2.24) is 0 Å². The Hall–Kier alpha value is -2.62. The Morgan fingerprint density at radius 3 is 2.38 bits per heavy atom. The smallest absolute Gasteiger partial charge is 0.343 e. The van der Waals surface area contributed by atoms with Crippen molar-refractivity contribution in [3.05, 3.63) is 59.7 Å². The number of carbonyl (C=O) groups is 2. The lowest BCUT2D eigenvalue weighted by molar-refractivity contribution is 0.0734. The Morgan fingerprint density at radius 1 is 1.05 bits per heavy atom. The largest absolute Gasteiger partial charge is 0.491 e. The number of esters is 1. The maximum Gasteiger partial charge on any atom is 0.343 e. The number of benzene rings is 2. The van der Waals surface area contributed by atoms with Gasteiger partial charge in [-0.2, -0.15) is 0 Å². The van der Waals surface area contributed by atoms with Crippen LogP contribution in [0.4, 0.5) is 0 Å². The summed E-state index contributed by atoms with van der Waals surface area (Å²) in [4.78, 5) is 22.7. The van der Waals surface area contributed by atoms with Gasteiger partial charge in [0.1, 0.15) is 17.8 Å². The third-order valence-electron chi connectivity index (χ3n) is 2.67. The summed E-state index contributed by atoms with van der Waals surface area (Å²) in [5.41, 5.74) is 0.878. The van der Waals surface area contributed by atoms with Gasteiger partial charge in [0.05, 0.1) is 11.7 Å². The van der Waals surface area contributed by atoms with Crippen LogP contribution in [0.3, 0.4) is 0 Å². The zero-order valence-electron chi connectivity index (χ0n) is 11.9. The van der Waals surface area contributed by atoms with Gasteiger partial charge in [-0.25, -0.2) is 4.79 Å². The molecule has 4 nitrogen and oxygen atoms in total. The maximum absolute atomic E-state index is 12.0. The highest BCUT2D eigenvalue weighted by Gasteiger charge is 2.09. The average Bonchev–Trinajstić information content (AvgIpc) is 2.47. The molecule has 21 heavy (non-hydrogen) atoms. The first kappa shape index (κ1) is 14.8. The molecule has 2 aromatic carbocycles. The Balaban J connectivity index is 2.07. The number of carbonyl (C=O) groups excluding carboxylic acids is 2. The van der Waals surface area contributed by atoms with Gasteiger partial charge in [0.2, 0.25) is 0 Å². The summed E-state index contributed by atoms with van der Waals surface area (Å²) in [6.07, 6.45) is 0.781. The second-order valence-electron chi connectivity index (χ2n) is 4.77. The van der Waals surface area contributed by atoms with Crippen molar-refractivity contribution in [3.8, 4) is 11.5 Å². The van der Waals surface area contributed by atoms with Crippen LogP contribution in [0.2, 0.25) is 0 Å². The number of hydrogen-bond acceptors (Lipinski definition) is 4. The maximum atomic E-state index is 12.0. The van der Waals surface area contributed by atoms with Gasteiger partial charge in [-0.1, -0.05) is 12.1 Å². The molecule has 4 heteroatoms. The van der Waals surface area contributed by atoms with Crippen LogP contribution in [0.15, 0.2) is 48.5 Å². The van der Waals surface area contributed by atoms with Gasteiger partial charge >= 0.3 is 5.97 Å². The van der Waals surface area contributed by atoms with Gasteiger partial charge in [-0.3, -0.25) is 4.79 Å². The molecule has 0 fully saturated rings. The molecule has 0 spiro atoms. The summed E-state index contributed by atoms with van der Waals surface area (Å²) >= 11 is 0. The van der Waals surface area contributed by atoms with Crippen LogP contribution in [-0.2, 0) is 0 Å². The van der Waals surface area contributed by atoms with E-state index >= 15 is 0 Å². The average molecular weight is 284 g/mol. The number of hydrogen-bond donors (Lipinski definition) is 0. The molecule has 0 bridgehead atoms. The van der Waals surface area contributed by atoms with E-state index in [1.165, 1.54) is 6.07 Å². The van der Waals surface area contributed by atoms with E-state index in [0.29, 0.717) is 28.9 Å². The summed E-state index contributed by atoms with van der Waals surface area (Å²) < 4.78 is 10.7. The molecule has 0 saturated carbocycles. The summed E-state index contributed by atoms with van der Waals surface area (Å²) in [6.45, 7) is 3.87. The second-order valence-corrected chi connectivity index (χ2v) is 4.77. The first-order valence-electron chi connectivity index (χ1n) is 6.62. The highest BCUT2D eigenvalue weighted by atomic mass is 16.5. The molecule has 0 heterocycles. The molecule has 0 unspecified atom stereocenters. The van der Waals surface area contributed by atoms with Gasteiger partial charge in [-0.15, -0.1) is 0 Å². The zero-order chi connectivity index (χ0) is 15.2. The zero-order valence-corrected chi connectivity index (χ0v) is 11.9. The third-order valence-corrected chi connectivity index (χ3v) is 2.67. The lowest BCUT2D eigenvalue weighted by Crippen LogP contribution is -2.09. The molecule has 0 radical (unpaired) electrons. The normalized spacial score (nSPS) is 10.2. The van der Waals surface area contributed by atoms with Crippen molar-refractivity contribution >= 4 is 12.3 Å². The van der Waals surface area contributed by atoms with E-state index in [-0.39, 0.29) is 6.10 Å². The second kappa shape index (κ2) is 6.70. The van der Waals surface area contributed by atoms with Gasteiger partial charge in [-0.05, 0) is 50.2 Å². The molecule has 0 atom stereocenters. The molecule has 0 aliphatic carbocycles. The van der Waals surface area contributed by atoms with Crippen LogP contribution in [0.25, 0.3) is 0 Å². The van der Waals surface area contributed by atoms with E-state index in [2.05, 4.69) is 0 Å². The third kappa shape index (κ3) is 4.18. The minimum absolute atomic E-state index is 0.0777. The fraction of sp³-hybridized carbons (Fsp3) is 0.176. The molecular weight excluding hydrogens is 268 g/mol. The summed E-state index contributed by atoms with van der Waals surface area (Å²) in [7, 11) is 0. The minimum Gasteiger partial charge on any atom is -0.491 e. The Morgan fingerprint density at radius 2 is 1.76 bits per heavy atom. The summed E-state index contributed by atoms with van der Waals surface area (Å²) in [5.74, 6) is 0.561. The molecule has 0 N–H and O–H groups in total. The summed E-state index contributed by atoms with van der Waals surface area (Å²) in [5, 5.41) is 0. The predicted octanol–water partition coefficient (Wildman–Crippen LogP) is 3.51. The minimum atomic E-state index is -0.478. The topological polar surface area (TPSA) is 52.6 Å². The van der Waals surface area contributed by atoms with Gasteiger partial charge in [0.25, 0.3) is 0 Å². The fourth-order valence-electron chi connectivity index (χ4n) is 1.76. The van der Waals surface area contributed by atoms with Crippen molar-refractivity contribution in [1.29, 1.82) is 0 Å². The lowest BCUT2D eigenvalue weighted by Gasteiger charge is -2.10. The van der Waals surface area contributed by atoms with Crippen LogP contribution in [0, 0.1) is 0 Å². The van der Waals surface area contributed by atoms with Crippen molar-refractivity contribution in [2.75, 3.05) is 0 Å². The number of aldehydes is 1. The van der Waals surface area contributed by atoms with Crippen molar-refractivity contribution in [2.24, 2.45) is 0 Å². The summed E-state index contributed by atoms with van der Waals surface area (Å²) in [6, 6.07) is 13.2. The molecule has 0 saturated heterocycles. The van der Waals surface area contributed by atoms with Crippen molar-refractivity contribution in [3.63, 3.8) is 0 Å². The molecule has 0 aliphatic heterocycles. The fourth-order valence-corrected chi connectivity index (χ4v) is 1.76. The van der Waals surface area contributed by atoms with E-state index in [1.54, 1.807) is 42.5 Å². The molecule has 2 aromatic rings. The number of ether oxygens (including phenoxy) is 2. The Bertz CT molecular complexity index is 629. The molecule has 108 valence electrons. The Kier molecular flexibility index (Phi) is 4.72. The van der Waals surface area contributed by atoms with Gasteiger partial charge in [0, 0.05) is 5.56 Å². The highest BCUT2D eigenvalue weighted by molar-refractivity contribution is 5.91. The van der Waals surface area contributed by atoms with E-state index in [1.807, 2.05) is 13.8 Å². The molecule has 0 aromatic heterocycles. The van der Waals surface area contributed by atoms with Crippen molar-refractivity contribution in [2.45, 2.75) is 20.0 Å². The first-order valence-corrected chi connectivity index (χ1v) is 6.62.